The Hall–Kier alpha value is -1.84. The molecule has 1 unspecified atom stereocenters. The van der Waals surface area contributed by atoms with Gasteiger partial charge in [-0.25, -0.2) is 13.2 Å². The van der Waals surface area contributed by atoms with E-state index in [4.69, 9.17) is 6.42 Å². The minimum Gasteiger partial charge on any atom is -0.480 e. The first-order valence-corrected chi connectivity index (χ1v) is 7.33. The van der Waals surface area contributed by atoms with Crippen LogP contribution in [0, 0.1) is 12.3 Å². The second kappa shape index (κ2) is 4.68. The predicted octanol–water partition coefficient (Wildman–Crippen LogP) is 0.367. The Labute approximate surface area is 111 Å². The van der Waals surface area contributed by atoms with Gasteiger partial charge >= 0.3 is 5.97 Å². The van der Waals surface area contributed by atoms with Crippen molar-refractivity contribution in [3.63, 3.8) is 0 Å². The number of hydrogen-bond acceptors (Lipinski definition) is 4. The van der Waals surface area contributed by atoms with Crippen LogP contribution in [0.3, 0.4) is 0 Å². The van der Waals surface area contributed by atoms with E-state index in [0.29, 0.717) is 0 Å². The number of aliphatic carboxylic acids is 1. The van der Waals surface area contributed by atoms with Crippen LogP contribution >= 0.6 is 0 Å². The van der Waals surface area contributed by atoms with Crippen molar-refractivity contribution >= 4 is 15.8 Å². The monoisotopic (exact) mass is 279 g/mol. The van der Waals surface area contributed by atoms with Gasteiger partial charge in [0.15, 0.2) is 9.84 Å². The fourth-order valence-electron chi connectivity index (χ4n) is 2.31. The van der Waals surface area contributed by atoms with Crippen molar-refractivity contribution in [2.24, 2.45) is 0 Å². The Morgan fingerprint density at radius 2 is 2.16 bits per heavy atom. The van der Waals surface area contributed by atoms with E-state index in [-0.39, 0.29) is 29.2 Å². The quantitative estimate of drug-likeness (QED) is 0.781. The number of fused-ring (bicyclic) bond motifs is 1. The summed E-state index contributed by atoms with van der Waals surface area (Å²) in [7, 11) is -3.43. The second-order valence-corrected chi connectivity index (χ2v) is 6.41. The van der Waals surface area contributed by atoms with E-state index in [9.17, 15) is 18.3 Å². The lowest BCUT2D eigenvalue weighted by Crippen LogP contribution is -2.53. The molecule has 1 aliphatic heterocycles. The molecule has 0 aromatic heterocycles. The zero-order valence-corrected chi connectivity index (χ0v) is 10.9. The van der Waals surface area contributed by atoms with Crippen LogP contribution in [0.15, 0.2) is 29.2 Å². The molecule has 0 radical (unpaired) electrons. The molecule has 0 bridgehead atoms. The Bertz CT molecular complexity index is 659. The number of terminal acetylenes is 1. The van der Waals surface area contributed by atoms with Gasteiger partial charge in [-0.1, -0.05) is 24.1 Å². The SMILES string of the molecule is C#CCNC1(C(=O)O)CCS(=O)(=O)c2ccccc21. The van der Waals surface area contributed by atoms with Crippen LogP contribution in [0.2, 0.25) is 0 Å². The van der Waals surface area contributed by atoms with E-state index in [1.807, 2.05) is 0 Å². The molecule has 19 heavy (non-hydrogen) atoms. The van der Waals surface area contributed by atoms with E-state index in [1.165, 1.54) is 12.1 Å². The number of hydrogen-bond donors (Lipinski definition) is 2. The van der Waals surface area contributed by atoms with E-state index in [1.54, 1.807) is 12.1 Å². The molecule has 0 saturated carbocycles. The summed E-state index contributed by atoms with van der Waals surface area (Å²) in [6.07, 6.45) is 5.12. The summed E-state index contributed by atoms with van der Waals surface area (Å²) in [4.78, 5) is 11.7. The van der Waals surface area contributed by atoms with Gasteiger partial charge in [0.1, 0.15) is 5.54 Å². The first kappa shape index (κ1) is 13.6. The summed E-state index contributed by atoms with van der Waals surface area (Å²) >= 11 is 0. The first-order valence-electron chi connectivity index (χ1n) is 5.68. The molecule has 100 valence electrons. The second-order valence-electron chi connectivity index (χ2n) is 4.33. The smallest absolute Gasteiger partial charge is 0.328 e. The summed E-state index contributed by atoms with van der Waals surface area (Å²) in [5.74, 6) is 0.988. The normalized spacial score (nSPS) is 24.2. The molecule has 0 saturated heterocycles. The highest BCUT2D eigenvalue weighted by molar-refractivity contribution is 7.91. The van der Waals surface area contributed by atoms with Crippen LogP contribution in [0.5, 0.6) is 0 Å². The van der Waals surface area contributed by atoms with E-state index < -0.39 is 21.3 Å². The van der Waals surface area contributed by atoms with Crippen LogP contribution in [0.4, 0.5) is 0 Å². The topological polar surface area (TPSA) is 83.5 Å². The van der Waals surface area contributed by atoms with Crippen molar-refractivity contribution in [2.75, 3.05) is 12.3 Å². The van der Waals surface area contributed by atoms with Crippen molar-refractivity contribution in [3.05, 3.63) is 29.8 Å². The van der Waals surface area contributed by atoms with Gasteiger partial charge in [-0.3, -0.25) is 5.32 Å². The molecule has 0 fully saturated rings. The largest absolute Gasteiger partial charge is 0.480 e. The number of carbonyl (C=O) groups is 1. The number of rotatable bonds is 3. The van der Waals surface area contributed by atoms with Crippen molar-refractivity contribution in [3.8, 4) is 12.3 Å². The van der Waals surface area contributed by atoms with E-state index in [0.717, 1.165) is 0 Å². The molecule has 0 aliphatic carbocycles. The summed E-state index contributed by atoms with van der Waals surface area (Å²) in [5, 5.41) is 12.3. The van der Waals surface area contributed by atoms with Gasteiger partial charge in [0, 0.05) is 5.56 Å². The van der Waals surface area contributed by atoms with E-state index in [2.05, 4.69) is 11.2 Å². The summed E-state index contributed by atoms with van der Waals surface area (Å²) in [5.41, 5.74) is -1.18. The number of nitrogens with one attached hydrogen (secondary N) is 1. The van der Waals surface area contributed by atoms with Gasteiger partial charge in [0.05, 0.1) is 17.2 Å². The van der Waals surface area contributed by atoms with Crippen LogP contribution in [0.25, 0.3) is 0 Å². The Kier molecular flexibility index (Phi) is 3.35. The average Bonchev–Trinajstić information content (AvgIpc) is 2.38. The number of sulfone groups is 1. The van der Waals surface area contributed by atoms with Crippen LogP contribution in [-0.4, -0.2) is 31.8 Å². The number of carboxylic acid groups (broad SMARTS) is 1. The summed E-state index contributed by atoms with van der Waals surface area (Å²) in [6, 6.07) is 6.15. The Balaban J connectivity index is 2.66. The maximum absolute atomic E-state index is 12.0. The lowest BCUT2D eigenvalue weighted by atomic mass is 9.86. The fraction of sp³-hybridized carbons (Fsp3) is 0.308. The molecule has 5 nitrogen and oxygen atoms in total. The molecule has 0 amide bonds. The first-order chi connectivity index (χ1) is 8.94. The van der Waals surface area contributed by atoms with Gasteiger partial charge in [-0.2, -0.15) is 0 Å². The lowest BCUT2D eigenvalue weighted by Gasteiger charge is -2.35. The predicted molar refractivity (Wildman–Crippen MR) is 69.3 cm³/mol. The minimum atomic E-state index is -3.43. The molecule has 1 aromatic carbocycles. The van der Waals surface area contributed by atoms with Gasteiger partial charge in [-0.05, 0) is 12.5 Å². The molecule has 2 rings (SSSR count). The van der Waals surface area contributed by atoms with Gasteiger partial charge in [0.25, 0.3) is 0 Å². The molecule has 1 aromatic rings. The zero-order chi connectivity index (χ0) is 14.1. The van der Waals surface area contributed by atoms with Crippen molar-refractivity contribution in [1.82, 2.24) is 5.32 Å². The Morgan fingerprint density at radius 3 is 2.79 bits per heavy atom. The molecule has 2 N–H and O–H groups in total. The Morgan fingerprint density at radius 1 is 1.47 bits per heavy atom. The number of carboxylic acids is 1. The highest BCUT2D eigenvalue weighted by Crippen LogP contribution is 2.37. The van der Waals surface area contributed by atoms with Crippen molar-refractivity contribution in [1.29, 1.82) is 0 Å². The molecule has 6 heteroatoms. The standard InChI is InChI=1S/C13H13NO4S/c1-2-8-14-13(12(15)16)7-9-19(17,18)11-6-4-3-5-10(11)13/h1,3-6,14H,7-9H2,(H,15,16). The van der Waals surface area contributed by atoms with Gasteiger partial charge in [-0.15, -0.1) is 6.42 Å². The third-order valence-electron chi connectivity index (χ3n) is 3.29. The minimum absolute atomic E-state index is 0.0383. The highest BCUT2D eigenvalue weighted by atomic mass is 32.2. The zero-order valence-electron chi connectivity index (χ0n) is 10.1. The van der Waals surface area contributed by atoms with Crippen LogP contribution in [-0.2, 0) is 20.2 Å². The summed E-state index contributed by atoms with van der Waals surface area (Å²) < 4.78 is 24.0. The average molecular weight is 279 g/mol. The van der Waals surface area contributed by atoms with Gasteiger partial charge in [0.2, 0.25) is 0 Å². The van der Waals surface area contributed by atoms with Crippen molar-refractivity contribution in [2.45, 2.75) is 16.9 Å². The molecular formula is C13H13NO4S. The molecular weight excluding hydrogens is 266 g/mol. The fourth-order valence-corrected chi connectivity index (χ4v) is 3.96. The lowest BCUT2D eigenvalue weighted by molar-refractivity contribution is -0.145. The maximum atomic E-state index is 12.0. The maximum Gasteiger partial charge on any atom is 0.328 e. The third kappa shape index (κ3) is 2.11. The number of benzene rings is 1. The van der Waals surface area contributed by atoms with Gasteiger partial charge < -0.3 is 5.11 Å². The highest BCUT2D eigenvalue weighted by Gasteiger charge is 2.47. The summed E-state index contributed by atoms with van der Waals surface area (Å²) in [6.45, 7) is 0.0562. The van der Waals surface area contributed by atoms with E-state index >= 15 is 0 Å². The molecule has 1 heterocycles. The molecule has 1 atom stereocenters. The molecule has 0 spiro atoms. The van der Waals surface area contributed by atoms with Crippen molar-refractivity contribution < 1.29 is 18.3 Å². The molecule has 1 aliphatic rings. The van der Waals surface area contributed by atoms with Crippen LogP contribution < -0.4 is 5.32 Å². The third-order valence-corrected chi connectivity index (χ3v) is 5.05. The van der Waals surface area contributed by atoms with Crippen LogP contribution in [0.1, 0.15) is 12.0 Å².